The molecule has 5 N–H and O–H groups in total. The number of nitrogens with one attached hydrogen (secondary N) is 2. The fraction of sp³-hybridized carbons (Fsp3) is 0.560. The fourth-order valence-electron chi connectivity index (χ4n) is 4.56. The van der Waals surface area contributed by atoms with Crippen molar-refractivity contribution in [2.24, 2.45) is 5.92 Å². The summed E-state index contributed by atoms with van der Waals surface area (Å²) >= 11 is 1.56. The van der Waals surface area contributed by atoms with Crippen molar-refractivity contribution in [1.29, 1.82) is 0 Å². The van der Waals surface area contributed by atoms with Gasteiger partial charge in [0.15, 0.2) is 0 Å². The molecule has 36 heavy (non-hydrogen) atoms. The van der Waals surface area contributed by atoms with Crippen molar-refractivity contribution in [2.45, 2.75) is 45.4 Å². The van der Waals surface area contributed by atoms with E-state index in [9.17, 15) is 15.3 Å². The van der Waals surface area contributed by atoms with Crippen molar-refractivity contribution in [1.82, 2.24) is 15.0 Å². The van der Waals surface area contributed by atoms with Crippen molar-refractivity contribution in [3.8, 4) is 10.6 Å². The van der Waals surface area contributed by atoms with E-state index in [1.807, 2.05) is 31.2 Å². The summed E-state index contributed by atoms with van der Waals surface area (Å²) in [4.78, 5) is 16.7. The highest BCUT2D eigenvalue weighted by Crippen LogP contribution is 2.41. The van der Waals surface area contributed by atoms with E-state index >= 15 is 0 Å². The highest BCUT2D eigenvalue weighted by molar-refractivity contribution is 7.21. The summed E-state index contributed by atoms with van der Waals surface area (Å²) in [7, 11) is 0. The number of fused-ring (bicyclic) bond motifs is 1. The maximum Gasteiger partial charge on any atom is 0.226 e. The molecule has 1 fully saturated rings. The summed E-state index contributed by atoms with van der Waals surface area (Å²) in [6.07, 6.45) is -1.63. The molecule has 4 atom stereocenters. The molecule has 0 bridgehead atoms. The number of ether oxygens (including phenoxy) is 1. The SMILES string of the molecule is CCOCCNc1nc(NC2C[C@H](CO)[C@@H](O)[C@H]2O)c(-c2nc3ccccc3s2)c(N(CC)CC)n1. The van der Waals surface area contributed by atoms with Gasteiger partial charge in [-0.25, -0.2) is 4.98 Å². The highest BCUT2D eigenvalue weighted by atomic mass is 32.1. The van der Waals surface area contributed by atoms with Crippen LogP contribution in [-0.2, 0) is 4.74 Å². The fourth-order valence-corrected chi connectivity index (χ4v) is 5.57. The number of rotatable bonds is 12. The van der Waals surface area contributed by atoms with Gasteiger partial charge in [-0.2, -0.15) is 9.97 Å². The Bertz CT molecular complexity index is 1110. The van der Waals surface area contributed by atoms with Crippen LogP contribution in [0.15, 0.2) is 24.3 Å². The molecule has 0 amide bonds. The van der Waals surface area contributed by atoms with Gasteiger partial charge >= 0.3 is 0 Å². The van der Waals surface area contributed by atoms with Crippen molar-refractivity contribution in [3.05, 3.63) is 24.3 Å². The highest BCUT2D eigenvalue weighted by Gasteiger charge is 2.41. The summed E-state index contributed by atoms with van der Waals surface area (Å²) in [5.74, 6) is 1.30. The predicted octanol–water partition coefficient (Wildman–Crippen LogP) is 2.56. The number of nitrogens with zero attached hydrogens (tertiary/aromatic N) is 4. The molecule has 1 aliphatic rings. The summed E-state index contributed by atoms with van der Waals surface area (Å²) in [5, 5.41) is 38.2. The Hall–Kier alpha value is -2.57. The molecule has 1 aliphatic carbocycles. The molecule has 2 aromatic heterocycles. The smallest absolute Gasteiger partial charge is 0.226 e. The molecule has 0 spiro atoms. The zero-order chi connectivity index (χ0) is 25.7. The number of hydrogen-bond acceptors (Lipinski definition) is 11. The zero-order valence-electron chi connectivity index (χ0n) is 21.0. The lowest BCUT2D eigenvalue weighted by molar-refractivity contribution is 0.00446. The molecule has 4 rings (SSSR count). The summed E-state index contributed by atoms with van der Waals surface area (Å²) in [6, 6.07) is 7.48. The summed E-state index contributed by atoms with van der Waals surface area (Å²) in [5.41, 5.74) is 1.65. The van der Waals surface area contributed by atoms with Gasteiger partial charge in [0.05, 0.1) is 34.5 Å². The van der Waals surface area contributed by atoms with Crippen LogP contribution in [0.25, 0.3) is 20.8 Å². The van der Waals surface area contributed by atoms with Gasteiger partial charge in [0.25, 0.3) is 0 Å². The number of benzene rings is 1. The average Bonchev–Trinajstić information content (AvgIpc) is 3.43. The summed E-state index contributed by atoms with van der Waals surface area (Å²) < 4.78 is 6.51. The third-order valence-electron chi connectivity index (χ3n) is 6.55. The van der Waals surface area contributed by atoms with Gasteiger partial charge in [-0.05, 0) is 39.3 Å². The third-order valence-corrected chi connectivity index (χ3v) is 7.61. The topological polar surface area (TPSA) is 136 Å². The van der Waals surface area contributed by atoms with Crippen LogP contribution in [-0.4, -0.2) is 88.0 Å². The lowest BCUT2D eigenvalue weighted by atomic mass is 10.1. The van der Waals surface area contributed by atoms with Crippen molar-refractivity contribution in [3.63, 3.8) is 0 Å². The Kier molecular flexibility index (Phi) is 8.91. The van der Waals surface area contributed by atoms with Gasteiger partial charge in [0, 0.05) is 38.8 Å². The number of aliphatic hydroxyl groups excluding tert-OH is 3. The second-order valence-corrected chi connectivity index (χ2v) is 9.82. The molecule has 10 nitrogen and oxygen atoms in total. The molecule has 11 heteroatoms. The van der Waals surface area contributed by atoms with Crippen LogP contribution in [0.3, 0.4) is 0 Å². The normalized spacial score (nSPS) is 21.7. The van der Waals surface area contributed by atoms with Gasteiger partial charge in [-0.15, -0.1) is 11.3 Å². The van der Waals surface area contributed by atoms with Crippen LogP contribution >= 0.6 is 11.3 Å². The molecule has 1 unspecified atom stereocenters. The van der Waals surface area contributed by atoms with Gasteiger partial charge in [0.1, 0.15) is 22.7 Å². The number of para-hydroxylation sites is 1. The number of anilines is 3. The molecule has 2 heterocycles. The van der Waals surface area contributed by atoms with Crippen LogP contribution in [0.4, 0.5) is 17.6 Å². The predicted molar refractivity (Wildman–Crippen MR) is 144 cm³/mol. The molecule has 0 saturated heterocycles. The first-order chi connectivity index (χ1) is 17.5. The first-order valence-electron chi connectivity index (χ1n) is 12.6. The van der Waals surface area contributed by atoms with E-state index in [0.717, 1.165) is 39.7 Å². The Balaban J connectivity index is 1.82. The molecular weight excluding hydrogens is 480 g/mol. The lowest BCUT2D eigenvalue weighted by Crippen LogP contribution is -2.36. The first-order valence-corrected chi connectivity index (χ1v) is 13.4. The van der Waals surface area contributed by atoms with Crippen molar-refractivity contribution in [2.75, 3.05) is 55.0 Å². The monoisotopic (exact) mass is 516 g/mol. The van der Waals surface area contributed by atoms with E-state index in [1.165, 1.54) is 0 Å². The van der Waals surface area contributed by atoms with E-state index in [1.54, 1.807) is 11.3 Å². The molecule has 1 aromatic carbocycles. The Labute approximate surface area is 215 Å². The van der Waals surface area contributed by atoms with Gasteiger partial charge in [-0.1, -0.05) is 12.1 Å². The first kappa shape index (κ1) is 26.5. The quantitative estimate of drug-likeness (QED) is 0.229. The van der Waals surface area contributed by atoms with Crippen LogP contribution in [0.2, 0.25) is 0 Å². The average molecular weight is 517 g/mol. The molecule has 3 aromatic rings. The van der Waals surface area contributed by atoms with E-state index in [-0.39, 0.29) is 6.61 Å². The van der Waals surface area contributed by atoms with Crippen LogP contribution in [0.1, 0.15) is 27.2 Å². The summed E-state index contributed by atoms with van der Waals surface area (Å²) in [6.45, 7) is 9.07. The van der Waals surface area contributed by atoms with Gasteiger partial charge < -0.3 is 35.6 Å². The molecule has 196 valence electrons. The lowest BCUT2D eigenvalue weighted by Gasteiger charge is -2.26. The molecule has 1 saturated carbocycles. The van der Waals surface area contributed by atoms with Gasteiger partial charge in [0.2, 0.25) is 5.95 Å². The number of thiazole rings is 1. The molecule has 0 aliphatic heterocycles. The van der Waals surface area contributed by atoms with Crippen molar-refractivity contribution >= 4 is 39.1 Å². The van der Waals surface area contributed by atoms with Crippen LogP contribution < -0.4 is 15.5 Å². The second kappa shape index (κ2) is 12.1. The van der Waals surface area contributed by atoms with E-state index < -0.39 is 24.2 Å². The third kappa shape index (κ3) is 5.55. The minimum absolute atomic E-state index is 0.195. The van der Waals surface area contributed by atoms with Crippen LogP contribution in [0.5, 0.6) is 0 Å². The Morgan fingerprint density at radius 3 is 2.53 bits per heavy atom. The Morgan fingerprint density at radius 1 is 1.08 bits per heavy atom. The van der Waals surface area contributed by atoms with E-state index in [4.69, 9.17) is 19.7 Å². The van der Waals surface area contributed by atoms with Crippen molar-refractivity contribution < 1.29 is 20.1 Å². The standard InChI is InChI=1S/C25H36N6O4S/c1-4-31(5-2)23-19(24-28-16-9-7-8-10-18(16)36-24)22(29-25(30-23)26-11-12-35-6-3)27-17-13-15(14-32)20(33)21(17)34/h7-10,15,17,20-21,32-34H,4-6,11-14H2,1-3H3,(H2,26,27,29,30)/t15-,17?,20-,21+/m1/s1. The number of aromatic nitrogens is 3. The van der Waals surface area contributed by atoms with Gasteiger partial charge in [-0.3, -0.25) is 0 Å². The maximum atomic E-state index is 10.7. The molecule has 0 radical (unpaired) electrons. The largest absolute Gasteiger partial charge is 0.396 e. The maximum absolute atomic E-state index is 10.7. The second-order valence-electron chi connectivity index (χ2n) is 8.79. The van der Waals surface area contributed by atoms with E-state index in [2.05, 4.69) is 29.4 Å². The zero-order valence-corrected chi connectivity index (χ0v) is 21.8. The minimum atomic E-state index is -1.04. The Morgan fingerprint density at radius 2 is 1.86 bits per heavy atom. The number of hydrogen-bond donors (Lipinski definition) is 5. The minimum Gasteiger partial charge on any atom is -0.396 e. The van der Waals surface area contributed by atoms with E-state index in [0.29, 0.717) is 37.9 Å². The van der Waals surface area contributed by atoms with Crippen LogP contribution in [0, 0.1) is 5.92 Å². The number of aliphatic hydroxyl groups is 3. The molecular formula is C25H36N6O4S.